The standard InChI is InChI=1S/C17H19Cl2N3O2/c1-10-4-3-5-11(2)22(10)15(23)8-24-17-13-6-12(18)7-14(19)16(13)20-9-21-17/h6-7,9-11H,3-5,8H2,1-2H3/t10-,11+. The maximum Gasteiger partial charge on any atom is 0.261 e. The van der Waals surface area contributed by atoms with Gasteiger partial charge in [-0.3, -0.25) is 4.79 Å². The zero-order chi connectivity index (χ0) is 17.3. The summed E-state index contributed by atoms with van der Waals surface area (Å²) in [6.45, 7) is 4.09. The summed E-state index contributed by atoms with van der Waals surface area (Å²) >= 11 is 12.2. The van der Waals surface area contributed by atoms with Crippen LogP contribution >= 0.6 is 23.2 Å². The number of carbonyl (C=O) groups is 1. The maximum atomic E-state index is 12.6. The van der Waals surface area contributed by atoms with Crippen LogP contribution in [0.2, 0.25) is 10.0 Å². The lowest BCUT2D eigenvalue weighted by Gasteiger charge is -2.38. The molecule has 0 radical (unpaired) electrons. The smallest absolute Gasteiger partial charge is 0.261 e. The SMILES string of the molecule is C[C@@H]1CCC[C@H](C)N1C(=O)COc1ncnc2c(Cl)cc(Cl)cc12. The van der Waals surface area contributed by atoms with Gasteiger partial charge in [0, 0.05) is 17.1 Å². The molecule has 2 aromatic rings. The molecule has 0 saturated carbocycles. The van der Waals surface area contributed by atoms with Crippen LogP contribution in [0.15, 0.2) is 18.5 Å². The Kier molecular flexibility index (Phi) is 5.11. The van der Waals surface area contributed by atoms with E-state index in [4.69, 9.17) is 27.9 Å². The van der Waals surface area contributed by atoms with Crippen molar-refractivity contribution in [1.29, 1.82) is 0 Å². The number of piperidine rings is 1. The van der Waals surface area contributed by atoms with Crippen molar-refractivity contribution in [2.75, 3.05) is 6.61 Å². The number of rotatable bonds is 3. The van der Waals surface area contributed by atoms with Gasteiger partial charge in [-0.05, 0) is 45.2 Å². The monoisotopic (exact) mass is 367 g/mol. The fourth-order valence-corrected chi connectivity index (χ4v) is 3.84. The topological polar surface area (TPSA) is 55.3 Å². The largest absolute Gasteiger partial charge is 0.467 e. The molecule has 0 bridgehead atoms. The van der Waals surface area contributed by atoms with E-state index < -0.39 is 0 Å². The van der Waals surface area contributed by atoms with Crippen LogP contribution in [-0.2, 0) is 4.79 Å². The number of fused-ring (bicyclic) bond motifs is 1. The normalized spacial score (nSPS) is 21.1. The summed E-state index contributed by atoms with van der Waals surface area (Å²) < 4.78 is 5.68. The molecular formula is C17H19Cl2N3O2. The summed E-state index contributed by atoms with van der Waals surface area (Å²) in [5.74, 6) is 0.282. The first-order valence-corrected chi connectivity index (χ1v) is 8.76. The van der Waals surface area contributed by atoms with Gasteiger partial charge in [0.2, 0.25) is 5.88 Å². The highest BCUT2D eigenvalue weighted by Crippen LogP contribution is 2.31. The Bertz CT molecular complexity index is 759. The van der Waals surface area contributed by atoms with E-state index in [1.165, 1.54) is 6.33 Å². The van der Waals surface area contributed by atoms with Crippen LogP contribution in [0.3, 0.4) is 0 Å². The number of hydrogen-bond acceptors (Lipinski definition) is 4. The molecule has 128 valence electrons. The first-order valence-electron chi connectivity index (χ1n) is 8.01. The van der Waals surface area contributed by atoms with Crippen molar-refractivity contribution in [3.63, 3.8) is 0 Å². The molecule has 1 aromatic heterocycles. The lowest BCUT2D eigenvalue weighted by molar-refractivity contribution is -0.139. The third-order valence-electron chi connectivity index (χ3n) is 4.43. The van der Waals surface area contributed by atoms with Gasteiger partial charge in [0.05, 0.1) is 15.9 Å². The molecule has 1 aliphatic rings. The number of carbonyl (C=O) groups excluding carboxylic acids is 1. The van der Waals surface area contributed by atoms with E-state index >= 15 is 0 Å². The van der Waals surface area contributed by atoms with Crippen LogP contribution in [0.5, 0.6) is 5.88 Å². The number of benzene rings is 1. The van der Waals surface area contributed by atoms with Crippen LogP contribution in [0.4, 0.5) is 0 Å². The number of aromatic nitrogens is 2. The Morgan fingerprint density at radius 1 is 1.25 bits per heavy atom. The van der Waals surface area contributed by atoms with Gasteiger partial charge in [0.15, 0.2) is 6.61 Å². The number of ether oxygens (including phenoxy) is 1. The Labute approximate surface area is 150 Å². The molecule has 5 nitrogen and oxygen atoms in total. The number of likely N-dealkylation sites (tertiary alicyclic amines) is 1. The second kappa shape index (κ2) is 7.11. The Hall–Kier alpha value is -1.59. The van der Waals surface area contributed by atoms with E-state index in [0.717, 1.165) is 19.3 Å². The summed E-state index contributed by atoms with van der Waals surface area (Å²) in [5.41, 5.74) is 0.554. The van der Waals surface area contributed by atoms with E-state index in [0.29, 0.717) is 26.8 Å². The minimum absolute atomic E-state index is 0.0328. The summed E-state index contributed by atoms with van der Waals surface area (Å²) in [6, 6.07) is 3.77. The molecule has 0 unspecified atom stereocenters. The lowest BCUT2D eigenvalue weighted by Crippen LogP contribution is -2.49. The number of hydrogen-bond donors (Lipinski definition) is 0. The highest BCUT2D eigenvalue weighted by Gasteiger charge is 2.29. The van der Waals surface area contributed by atoms with Gasteiger partial charge < -0.3 is 9.64 Å². The summed E-state index contributed by atoms with van der Waals surface area (Å²) in [7, 11) is 0. The average molecular weight is 368 g/mol. The number of halogens is 2. The van der Waals surface area contributed by atoms with E-state index in [1.54, 1.807) is 12.1 Å². The van der Waals surface area contributed by atoms with Crippen LogP contribution in [-0.4, -0.2) is 39.5 Å². The molecule has 0 spiro atoms. The van der Waals surface area contributed by atoms with Gasteiger partial charge in [-0.15, -0.1) is 0 Å². The minimum Gasteiger partial charge on any atom is -0.467 e. The second-order valence-electron chi connectivity index (χ2n) is 6.18. The first kappa shape index (κ1) is 17.2. The predicted octanol–water partition coefficient (Wildman–Crippen LogP) is 4.10. The average Bonchev–Trinajstić information content (AvgIpc) is 2.52. The molecule has 0 N–H and O–H groups in total. The zero-order valence-electron chi connectivity index (χ0n) is 13.6. The fraction of sp³-hybridized carbons (Fsp3) is 0.471. The van der Waals surface area contributed by atoms with Crippen molar-refractivity contribution in [1.82, 2.24) is 14.9 Å². The van der Waals surface area contributed by atoms with Crippen LogP contribution in [0.25, 0.3) is 10.9 Å². The first-order chi connectivity index (χ1) is 11.5. The summed E-state index contributed by atoms with van der Waals surface area (Å²) in [4.78, 5) is 22.7. The summed E-state index contributed by atoms with van der Waals surface area (Å²) in [6.07, 6.45) is 4.57. The molecule has 2 atom stereocenters. The van der Waals surface area contributed by atoms with Gasteiger partial charge in [0.1, 0.15) is 6.33 Å². The molecule has 24 heavy (non-hydrogen) atoms. The molecule has 1 aromatic carbocycles. The van der Waals surface area contributed by atoms with Crippen molar-refractivity contribution in [2.24, 2.45) is 0 Å². The van der Waals surface area contributed by atoms with Gasteiger partial charge in [-0.2, -0.15) is 0 Å². The predicted molar refractivity (Wildman–Crippen MR) is 94.7 cm³/mol. The van der Waals surface area contributed by atoms with E-state index in [9.17, 15) is 4.79 Å². The molecule has 7 heteroatoms. The van der Waals surface area contributed by atoms with Crippen LogP contribution in [0, 0.1) is 0 Å². The fourth-order valence-electron chi connectivity index (χ4n) is 3.30. The molecule has 1 aliphatic heterocycles. The van der Waals surface area contributed by atoms with Gasteiger partial charge >= 0.3 is 0 Å². The van der Waals surface area contributed by atoms with Crippen molar-refractivity contribution in [2.45, 2.75) is 45.2 Å². The minimum atomic E-state index is -0.0646. The van der Waals surface area contributed by atoms with Crippen molar-refractivity contribution >= 4 is 40.0 Å². The molecular weight excluding hydrogens is 349 g/mol. The van der Waals surface area contributed by atoms with E-state index in [-0.39, 0.29) is 24.6 Å². The second-order valence-corrected chi connectivity index (χ2v) is 7.02. The van der Waals surface area contributed by atoms with Gasteiger partial charge in [-0.25, -0.2) is 9.97 Å². The molecule has 3 rings (SSSR count). The molecule has 1 amide bonds. The maximum absolute atomic E-state index is 12.6. The zero-order valence-corrected chi connectivity index (χ0v) is 15.1. The van der Waals surface area contributed by atoms with E-state index in [1.807, 2.05) is 4.90 Å². The van der Waals surface area contributed by atoms with Crippen molar-refractivity contribution < 1.29 is 9.53 Å². The van der Waals surface area contributed by atoms with Crippen LogP contribution < -0.4 is 4.74 Å². The Morgan fingerprint density at radius 2 is 1.96 bits per heavy atom. The van der Waals surface area contributed by atoms with Crippen molar-refractivity contribution in [3.8, 4) is 5.88 Å². The molecule has 2 heterocycles. The summed E-state index contributed by atoms with van der Waals surface area (Å²) in [5, 5.41) is 1.49. The number of amides is 1. The molecule has 1 fully saturated rings. The Morgan fingerprint density at radius 3 is 2.67 bits per heavy atom. The lowest BCUT2D eigenvalue weighted by atomic mass is 9.97. The number of nitrogens with zero attached hydrogens (tertiary/aromatic N) is 3. The molecule has 0 aliphatic carbocycles. The van der Waals surface area contributed by atoms with Gasteiger partial charge in [0.25, 0.3) is 5.91 Å². The Balaban J connectivity index is 1.79. The van der Waals surface area contributed by atoms with Gasteiger partial charge in [-0.1, -0.05) is 23.2 Å². The third-order valence-corrected chi connectivity index (χ3v) is 4.94. The third kappa shape index (κ3) is 3.42. The van der Waals surface area contributed by atoms with Crippen LogP contribution in [0.1, 0.15) is 33.1 Å². The highest BCUT2D eigenvalue weighted by molar-refractivity contribution is 6.38. The van der Waals surface area contributed by atoms with Crippen molar-refractivity contribution in [3.05, 3.63) is 28.5 Å². The quantitative estimate of drug-likeness (QED) is 0.818. The van der Waals surface area contributed by atoms with E-state index in [2.05, 4.69) is 23.8 Å². The molecule has 1 saturated heterocycles. The highest BCUT2D eigenvalue weighted by atomic mass is 35.5.